The number of ether oxygens (including phenoxy) is 1. The zero-order chi connectivity index (χ0) is 12.5. The number of carboxylic acids is 1. The average molecular weight is 237 g/mol. The molecule has 0 saturated heterocycles. The van der Waals surface area contributed by atoms with Gasteiger partial charge in [0, 0.05) is 25.9 Å². The molecule has 0 aliphatic heterocycles. The zero-order valence-corrected chi connectivity index (χ0v) is 10.1. The second-order valence-electron chi connectivity index (χ2n) is 3.87. The van der Waals surface area contributed by atoms with Gasteiger partial charge in [-0.25, -0.2) is 4.79 Å². The van der Waals surface area contributed by atoms with Gasteiger partial charge in [-0.3, -0.25) is 0 Å². The highest BCUT2D eigenvalue weighted by molar-refractivity contribution is 5.88. The largest absolute Gasteiger partial charge is 0.478 e. The summed E-state index contributed by atoms with van der Waals surface area (Å²) < 4.78 is 4.96. The number of aromatic carboxylic acids is 1. The fraction of sp³-hybridized carbons (Fsp3) is 0.462. The minimum atomic E-state index is -0.895. The van der Waals surface area contributed by atoms with Crippen LogP contribution in [0.5, 0.6) is 0 Å². The number of hydrogen-bond donors (Lipinski definition) is 2. The second-order valence-corrected chi connectivity index (χ2v) is 3.87. The van der Waals surface area contributed by atoms with E-state index in [0.717, 1.165) is 38.1 Å². The molecule has 0 heterocycles. The van der Waals surface area contributed by atoms with Gasteiger partial charge in [0.2, 0.25) is 0 Å². The van der Waals surface area contributed by atoms with E-state index < -0.39 is 5.97 Å². The molecule has 1 rings (SSSR count). The van der Waals surface area contributed by atoms with Crippen LogP contribution in [0.2, 0.25) is 0 Å². The Bertz CT molecular complexity index is 352. The lowest BCUT2D eigenvalue weighted by Gasteiger charge is -2.06. The molecule has 0 unspecified atom stereocenters. The first-order valence-corrected chi connectivity index (χ1v) is 5.80. The Labute approximate surface area is 102 Å². The van der Waals surface area contributed by atoms with E-state index in [9.17, 15) is 4.79 Å². The molecule has 0 aromatic heterocycles. The molecule has 0 bridgehead atoms. The number of nitrogens with one attached hydrogen (secondary N) is 1. The van der Waals surface area contributed by atoms with Crippen LogP contribution in [0.4, 0.5) is 5.69 Å². The molecule has 0 aliphatic rings. The van der Waals surface area contributed by atoms with Gasteiger partial charge in [0.15, 0.2) is 0 Å². The summed E-state index contributed by atoms with van der Waals surface area (Å²) in [6, 6.07) is 6.86. The van der Waals surface area contributed by atoms with Crippen molar-refractivity contribution in [2.24, 2.45) is 0 Å². The number of rotatable bonds is 8. The molecule has 0 amide bonds. The molecule has 0 aliphatic carbocycles. The van der Waals surface area contributed by atoms with E-state index in [1.165, 1.54) is 0 Å². The number of carbonyl (C=O) groups is 1. The molecule has 17 heavy (non-hydrogen) atoms. The highest BCUT2D eigenvalue weighted by Gasteiger charge is 2.02. The fourth-order valence-corrected chi connectivity index (χ4v) is 1.54. The topological polar surface area (TPSA) is 58.6 Å². The molecule has 1 aromatic rings. The summed E-state index contributed by atoms with van der Waals surface area (Å²) in [5.41, 5.74) is 1.17. The second kappa shape index (κ2) is 7.68. The summed E-state index contributed by atoms with van der Waals surface area (Å²) in [6.45, 7) is 1.65. The molecule has 1 aromatic carbocycles. The van der Waals surface area contributed by atoms with Crippen molar-refractivity contribution in [2.45, 2.75) is 19.3 Å². The van der Waals surface area contributed by atoms with Crippen molar-refractivity contribution in [1.29, 1.82) is 0 Å². The Kier molecular flexibility index (Phi) is 6.10. The molecular formula is C13H19NO3. The highest BCUT2D eigenvalue weighted by Crippen LogP contribution is 2.10. The summed E-state index contributed by atoms with van der Waals surface area (Å²) in [6.07, 6.45) is 3.23. The zero-order valence-electron chi connectivity index (χ0n) is 10.1. The molecule has 4 heteroatoms. The van der Waals surface area contributed by atoms with E-state index in [1.54, 1.807) is 25.3 Å². The van der Waals surface area contributed by atoms with Crippen LogP contribution in [0.1, 0.15) is 29.6 Å². The van der Waals surface area contributed by atoms with E-state index in [2.05, 4.69) is 5.32 Å². The van der Waals surface area contributed by atoms with Gasteiger partial charge in [-0.15, -0.1) is 0 Å². The maximum absolute atomic E-state index is 10.8. The van der Waals surface area contributed by atoms with Crippen LogP contribution in [0.3, 0.4) is 0 Å². The number of hydrogen-bond acceptors (Lipinski definition) is 3. The summed E-state index contributed by atoms with van der Waals surface area (Å²) in [4.78, 5) is 10.8. The maximum Gasteiger partial charge on any atom is 0.335 e. The van der Waals surface area contributed by atoms with E-state index >= 15 is 0 Å². The Morgan fingerprint density at radius 1 is 1.35 bits per heavy atom. The van der Waals surface area contributed by atoms with Crippen LogP contribution in [0.15, 0.2) is 24.3 Å². The predicted molar refractivity (Wildman–Crippen MR) is 67.6 cm³/mol. The van der Waals surface area contributed by atoms with Gasteiger partial charge in [0.05, 0.1) is 5.56 Å². The third kappa shape index (κ3) is 5.36. The fourth-order valence-electron chi connectivity index (χ4n) is 1.54. The van der Waals surface area contributed by atoms with Crippen molar-refractivity contribution >= 4 is 11.7 Å². The summed E-state index contributed by atoms with van der Waals surface area (Å²) in [5, 5.41) is 12.0. The van der Waals surface area contributed by atoms with Gasteiger partial charge in [-0.05, 0) is 37.5 Å². The summed E-state index contributed by atoms with van der Waals surface area (Å²) in [7, 11) is 1.70. The maximum atomic E-state index is 10.8. The molecular weight excluding hydrogens is 218 g/mol. The molecule has 0 fully saturated rings. The number of methoxy groups -OCH3 is 1. The van der Waals surface area contributed by atoms with Crippen LogP contribution >= 0.6 is 0 Å². The molecule has 0 saturated carbocycles. The average Bonchev–Trinajstić information content (AvgIpc) is 2.34. The molecule has 2 N–H and O–H groups in total. The normalized spacial score (nSPS) is 10.2. The summed E-state index contributed by atoms with van der Waals surface area (Å²) >= 11 is 0. The first-order valence-electron chi connectivity index (χ1n) is 5.80. The van der Waals surface area contributed by atoms with Crippen LogP contribution in [-0.4, -0.2) is 31.3 Å². The minimum Gasteiger partial charge on any atom is -0.478 e. The van der Waals surface area contributed by atoms with Crippen molar-refractivity contribution in [2.75, 3.05) is 25.6 Å². The Hall–Kier alpha value is -1.55. The Morgan fingerprint density at radius 3 is 2.88 bits per heavy atom. The molecule has 0 atom stereocenters. The van der Waals surface area contributed by atoms with Crippen LogP contribution < -0.4 is 5.32 Å². The van der Waals surface area contributed by atoms with Gasteiger partial charge in [-0.1, -0.05) is 6.07 Å². The van der Waals surface area contributed by atoms with E-state index in [-0.39, 0.29) is 0 Å². The van der Waals surface area contributed by atoms with E-state index in [4.69, 9.17) is 9.84 Å². The van der Waals surface area contributed by atoms with Crippen LogP contribution in [0.25, 0.3) is 0 Å². The van der Waals surface area contributed by atoms with E-state index in [1.807, 2.05) is 6.07 Å². The lowest BCUT2D eigenvalue weighted by molar-refractivity contribution is 0.0697. The van der Waals surface area contributed by atoms with Gasteiger partial charge in [-0.2, -0.15) is 0 Å². The van der Waals surface area contributed by atoms with Gasteiger partial charge < -0.3 is 15.2 Å². The van der Waals surface area contributed by atoms with Gasteiger partial charge >= 0.3 is 5.97 Å². The monoisotopic (exact) mass is 237 g/mol. The SMILES string of the molecule is COCCCCCNc1cccc(C(=O)O)c1. The number of benzene rings is 1. The van der Waals surface area contributed by atoms with Gasteiger partial charge in [0.25, 0.3) is 0 Å². The number of anilines is 1. The Balaban J connectivity index is 2.27. The lowest BCUT2D eigenvalue weighted by atomic mass is 10.2. The van der Waals surface area contributed by atoms with Crippen molar-refractivity contribution < 1.29 is 14.6 Å². The van der Waals surface area contributed by atoms with Gasteiger partial charge in [0.1, 0.15) is 0 Å². The third-order valence-electron chi connectivity index (χ3n) is 2.46. The molecule has 0 radical (unpaired) electrons. The van der Waals surface area contributed by atoms with Crippen molar-refractivity contribution in [3.8, 4) is 0 Å². The summed E-state index contributed by atoms with van der Waals surface area (Å²) in [5.74, 6) is -0.895. The minimum absolute atomic E-state index is 0.314. The first kappa shape index (κ1) is 13.5. The smallest absolute Gasteiger partial charge is 0.335 e. The van der Waals surface area contributed by atoms with Crippen molar-refractivity contribution in [1.82, 2.24) is 0 Å². The van der Waals surface area contributed by atoms with Crippen molar-refractivity contribution in [3.05, 3.63) is 29.8 Å². The predicted octanol–water partition coefficient (Wildman–Crippen LogP) is 2.61. The molecule has 94 valence electrons. The lowest BCUT2D eigenvalue weighted by Crippen LogP contribution is -2.03. The molecule has 0 spiro atoms. The quantitative estimate of drug-likeness (QED) is 0.682. The highest BCUT2D eigenvalue weighted by atomic mass is 16.5. The van der Waals surface area contributed by atoms with Crippen molar-refractivity contribution in [3.63, 3.8) is 0 Å². The first-order chi connectivity index (χ1) is 8.24. The number of carboxylic acid groups (broad SMARTS) is 1. The number of unbranched alkanes of at least 4 members (excludes halogenated alkanes) is 2. The standard InChI is InChI=1S/C13H19NO3/c1-17-9-4-2-3-8-14-12-7-5-6-11(10-12)13(15)16/h5-7,10,14H,2-4,8-9H2,1H3,(H,15,16). The van der Waals surface area contributed by atoms with Crippen LogP contribution in [0, 0.1) is 0 Å². The van der Waals surface area contributed by atoms with Crippen LogP contribution in [-0.2, 0) is 4.74 Å². The third-order valence-corrected chi connectivity index (χ3v) is 2.46. The Morgan fingerprint density at radius 2 is 2.18 bits per heavy atom. The molecule has 4 nitrogen and oxygen atoms in total. The van der Waals surface area contributed by atoms with E-state index in [0.29, 0.717) is 5.56 Å².